The number of carbonyl (C=O) groups excluding carboxylic acids is 1. The summed E-state index contributed by atoms with van der Waals surface area (Å²) >= 11 is 0. The summed E-state index contributed by atoms with van der Waals surface area (Å²) in [4.78, 5) is 12.7. The van der Waals surface area contributed by atoms with Crippen molar-refractivity contribution in [3.8, 4) is 11.1 Å². The van der Waals surface area contributed by atoms with Crippen LogP contribution in [0.15, 0.2) is 103 Å². The minimum absolute atomic E-state index is 0.186. The molecule has 0 atom stereocenters. The van der Waals surface area contributed by atoms with Crippen LogP contribution in [0.3, 0.4) is 0 Å². The molecule has 0 saturated carbocycles. The van der Waals surface area contributed by atoms with Crippen molar-refractivity contribution < 1.29 is 4.79 Å². The van der Waals surface area contributed by atoms with Gasteiger partial charge >= 0.3 is 0 Å². The number of anilines is 3. The van der Waals surface area contributed by atoms with Crippen LogP contribution in [0.5, 0.6) is 0 Å². The van der Waals surface area contributed by atoms with E-state index >= 15 is 0 Å². The van der Waals surface area contributed by atoms with Gasteiger partial charge in [-0.05, 0) is 53.1 Å². The fourth-order valence-electron chi connectivity index (χ4n) is 3.20. The summed E-state index contributed by atoms with van der Waals surface area (Å²) in [5, 5.41) is 6.30. The number of amides is 1. The van der Waals surface area contributed by atoms with E-state index in [-0.39, 0.29) is 5.91 Å². The van der Waals surface area contributed by atoms with Gasteiger partial charge in [0.2, 0.25) is 0 Å². The molecule has 1 amide bonds. The molecule has 4 nitrogen and oxygen atoms in total. The first kappa shape index (κ1) is 19.3. The van der Waals surface area contributed by atoms with Crippen molar-refractivity contribution in [2.45, 2.75) is 6.54 Å². The minimum Gasteiger partial charge on any atom is -0.397 e. The summed E-state index contributed by atoms with van der Waals surface area (Å²) in [7, 11) is 0. The molecule has 4 heteroatoms. The van der Waals surface area contributed by atoms with Crippen LogP contribution in [-0.2, 0) is 6.54 Å². The Labute approximate surface area is 176 Å². The van der Waals surface area contributed by atoms with Gasteiger partial charge in [0.05, 0.1) is 11.4 Å². The minimum atomic E-state index is -0.186. The number of benzene rings is 4. The number of rotatable bonds is 6. The Morgan fingerprint density at radius 1 is 0.733 bits per heavy atom. The summed E-state index contributed by atoms with van der Waals surface area (Å²) in [6.07, 6.45) is 0. The zero-order chi connectivity index (χ0) is 20.8. The molecule has 4 aromatic rings. The molecule has 0 spiro atoms. The number of nitrogens with one attached hydrogen (secondary N) is 2. The molecule has 4 aromatic carbocycles. The molecule has 148 valence electrons. The normalized spacial score (nSPS) is 10.4. The largest absolute Gasteiger partial charge is 0.397 e. The summed E-state index contributed by atoms with van der Waals surface area (Å²) in [6, 6.07) is 33.3. The fraction of sp³-hybridized carbons (Fsp3) is 0.0385. The fourth-order valence-corrected chi connectivity index (χ4v) is 3.20. The Balaban J connectivity index is 1.44. The van der Waals surface area contributed by atoms with Gasteiger partial charge in [0.15, 0.2) is 0 Å². The Bertz CT molecular complexity index is 1120. The van der Waals surface area contributed by atoms with E-state index in [1.54, 1.807) is 0 Å². The number of nitrogens with two attached hydrogens (primary N) is 1. The van der Waals surface area contributed by atoms with E-state index in [9.17, 15) is 4.79 Å². The van der Waals surface area contributed by atoms with Crippen LogP contribution in [0, 0.1) is 0 Å². The maximum Gasteiger partial charge on any atom is 0.255 e. The SMILES string of the molecule is Nc1ccc(-c2ccccc2)cc1NC(=O)c1ccc(CNc2ccccc2)cc1. The van der Waals surface area contributed by atoms with Crippen molar-refractivity contribution in [3.05, 3.63) is 114 Å². The smallest absolute Gasteiger partial charge is 0.255 e. The van der Waals surface area contributed by atoms with Crippen LogP contribution in [0.4, 0.5) is 17.1 Å². The van der Waals surface area contributed by atoms with E-state index in [4.69, 9.17) is 5.73 Å². The quantitative estimate of drug-likeness (QED) is 0.363. The average molecular weight is 393 g/mol. The molecule has 0 aliphatic heterocycles. The number of nitrogen functional groups attached to an aromatic ring is 1. The molecule has 0 bridgehead atoms. The lowest BCUT2D eigenvalue weighted by molar-refractivity contribution is 0.102. The maximum atomic E-state index is 12.7. The van der Waals surface area contributed by atoms with E-state index < -0.39 is 0 Å². The Kier molecular flexibility index (Phi) is 5.76. The van der Waals surface area contributed by atoms with Gasteiger partial charge in [0.1, 0.15) is 0 Å². The number of hydrogen-bond donors (Lipinski definition) is 3. The van der Waals surface area contributed by atoms with E-state index in [2.05, 4.69) is 10.6 Å². The van der Waals surface area contributed by atoms with Crippen LogP contribution in [0.2, 0.25) is 0 Å². The van der Waals surface area contributed by atoms with Gasteiger partial charge in [-0.3, -0.25) is 4.79 Å². The summed E-state index contributed by atoms with van der Waals surface area (Å²) in [6.45, 7) is 0.692. The second-order valence-corrected chi connectivity index (χ2v) is 7.04. The molecule has 0 fully saturated rings. The molecule has 0 aromatic heterocycles. The Hall–Kier alpha value is -4.05. The lowest BCUT2D eigenvalue weighted by Crippen LogP contribution is -2.13. The van der Waals surface area contributed by atoms with Crippen molar-refractivity contribution in [3.63, 3.8) is 0 Å². The predicted octanol–water partition coefficient (Wildman–Crippen LogP) is 5.80. The van der Waals surface area contributed by atoms with Crippen molar-refractivity contribution in [2.75, 3.05) is 16.4 Å². The number of carbonyl (C=O) groups is 1. The van der Waals surface area contributed by atoms with Crippen molar-refractivity contribution in [1.82, 2.24) is 0 Å². The Morgan fingerprint density at radius 2 is 1.40 bits per heavy atom. The molecule has 0 unspecified atom stereocenters. The van der Waals surface area contributed by atoms with Crippen molar-refractivity contribution >= 4 is 23.0 Å². The van der Waals surface area contributed by atoms with Gasteiger partial charge in [-0.2, -0.15) is 0 Å². The van der Waals surface area contributed by atoms with E-state index in [0.29, 0.717) is 23.5 Å². The average Bonchev–Trinajstić information content (AvgIpc) is 2.81. The monoisotopic (exact) mass is 393 g/mol. The molecule has 4 N–H and O–H groups in total. The summed E-state index contributed by atoms with van der Waals surface area (Å²) in [5.74, 6) is -0.186. The molecule has 0 heterocycles. The van der Waals surface area contributed by atoms with Crippen LogP contribution < -0.4 is 16.4 Å². The zero-order valence-corrected chi connectivity index (χ0v) is 16.5. The lowest BCUT2D eigenvalue weighted by atomic mass is 10.0. The highest BCUT2D eigenvalue weighted by atomic mass is 16.1. The second kappa shape index (κ2) is 8.97. The maximum absolute atomic E-state index is 12.7. The highest BCUT2D eigenvalue weighted by Gasteiger charge is 2.10. The molecular weight excluding hydrogens is 370 g/mol. The number of hydrogen-bond acceptors (Lipinski definition) is 3. The summed E-state index contributed by atoms with van der Waals surface area (Å²) < 4.78 is 0. The van der Waals surface area contributed by atoms with Crippen LogP contribution >= 0.6 is 0 Å². The van der Waals surface area contributed by atoms with Crippen molar-refractivity contribution in [1.29, 1.82) is 0 Å². The first-order valence-corrected chi connectivity index (χ1v) is 9.83. The van der Waals surface area contributed by atoms with Crippen molar-refractivity contribution in [2.24, 2.45) is 0 Å². The highest BCUT2D eigenvalue weighted by Crippen LogP contribution is 2.27. The topological polar surface area (TPSA) is 67.1 Å². The molecule has 0 aliphatic rings. The molecule has 30 heavy (non-hydrogen) atoms. The van der Waals surface area contributed by atoms with Crippen LogP contribution in [-0.4, -0.2) is 5.91 Å². The van der Waals surface area contributed by atoms with Gasteiger partial charge in [0.25, 0.3) is 5.91 Å². The summed E-state index contributed by atoms with van der Waals surface area (Å²) in [5.41, 5.74) is 12.1. The standard InChI is InChI=1S/C26H23N3O/c27-24-16-15-22(20-7-3-1-4-8-20)17-25(24)29-26(30)21-13-11-19(12-14-21)18-28-23-9-5-2-6-10-23/h1-17,28H,18,27H2,(H,29,30). The second-order valence-electron chi connectivity index (χ2n) is 7.04. The lowest BCUT2D eigenvalue weighted by Gasteiger charge is -2.11. The molecule has 0 aliphatic carbocycles. The number of para-hydroxylation sites is 1. The first-order chi connectivity index (χ1) is 14.7. The third-order valence-electron chi connectivity index (χ3n) is 4.90. The van der Waals surface area contributed by atoms with E-state index in [1.807, 2.05) is 103 Å². The first-order valence-electron chi connectivity index (χ1n) is 9.83. The van der Waals surface area contributed by atoms with E-state index in [0.717, 1.165) is 22.4 Å². The molecular formula is C26H23N3O. The van der Waals surface area contributed by atoms with Gasteiger partial charge < -0.3 is 16.4 Å². The van der Waals surface area contributed by atoms with Gasteiger partial charge in [-0.25, -0.2) is 0 Å². The van der Waals surface area contributed by atoms with Gasteiger partial charge in [-0.1, -0.05) is 66.7 Å². The highest BCUT2D eigenvalue weighted by molar-refractivity contribution is 6.06. The van der Waals surface area contributed by atoms with Gasteiger partial charge in [0, 0.05) is 17.8 Å². The van der Waals surface area contributed by atoms with Gasteiger partial charge in [-0.15, -0.1) is 0 Å². The van der Waals surface area contributed by atoms with E-state index in [1.165, 1.54) is 0 Å². The molecule has 0 radical (unpaired) electrons. The predicted molar refractivity (Wildman–Crippen MR) is 124 cm³/mol. The third-order valence-corrected chi connectivity index (χ3v) is 4.90. The molecule has 0 saturated heterocycles. The zero-order valence-electron chi connectivity index (χ0n) is 16.5. The van der Waals surface area contributed by atoms with Crippen LogP contribution in [0.25, 0.3) is 11.1 Å². The Morgan fingerprint density at radius 3 is 2.10 bits per heavy atom. The molecule has 4 rings (SSSR count). The third kappa shape index (κ3) is 4.67. The van der Waals surface area contributed by atoms with Crippen LogP contribution in [0.1, 0.15) is 15.9 Å².